The number of benzene rings is 2. The standard InChI is InChI=1S/C31H19F6N5O4/c32-30(33,34)24-13-18(28(44)45)6-11-25(24)46-29-39-15-19(16-40-29)17-4-7-20(8-5-17)42-27(43)23-10-9-22(41-26(23)31(35,36)37)14-21-3-1-2-12-38-21/h1-13,15-16H,14H2,(H,42,43)(H,44,45). The van der Waals surface area contributed by atoms with Gasteiger partial charge in [0.05, 0.1) is 16.7 Å². The number of aromatic carboxylic acids is 1. The van der Waals surface area contributed by atoms with E-state index in [-0.39, 0.29) is 17.8 Å². The first-order valence-corrected chi connectivity index (χ1v) is 13.1. The first-order valence-electron chi connectivity index (χ1n) is 13.1. The van der Waals surface area contributed by atoms with Crippen LogP contribution < -0.4 is 10.1 Å². The summed E-state index contributed by atoms with van der Waals surface area (Å²) in [5.74, 6) is -3.27. The highest BCUT2D eigenvalue weighted by atomic mass is 19.4. The molecule has 3 heterocycles. The monoisotopic (exact) mass is 639 g/mol. The summed E-state index contributed by atoms with van der Waals surface area (Å²) in [7, 11) is 0. The first kappa shape index (κ1) is 31.6. The van der Waals surface area contributed by atoms with Crippen molar-refractivity contribution < 1.29 is 45.8 Å². The second kappa shape index (κ2) is 12.6. The van der Waals surface area contributed by atoms with E-state index in [1.165, 1.54) is 48.9 Å². The number of carboxylic acid groups (broad SMARTS) is 1. The average molecular weight is 640 g/mol. The van der Waals surface area contributed by atoms with Crippen molar-refractivity contribution in [1.29, 1.82) is 0 Å². The molecular weight excluding hydrogens is 620 g/mol. The Morgan fingerprint density at radius 1 is 0.783 bits per heavy atom. The van der Waals surface area contributed by atoms with Gasteiger partial charge in [0.25, 0.3) is 5.91 Å². The zero-order valence-electron chi connectivity index (χ0n) is 23.1. The maximum absolute atomic E-state index is 13.8. The van der Waals surface area contributed by atoms with Crippen LogP contribution in [0, 0.1) is 0 Å². The minimum Gasteiger partial charge on any atom is -0.478 e. The Balaban J connectivity index is 1.29. The lowest BCUT2D eigenvalue weighted by molar-refractivity contribution is -0.141. The molecule has 0 saturated carbocycles. The lowest BCUT2D eigenvalue weighted by atomic mass is 10.1. The van der Waals surface area contributed by atoms with E-state index in [1.54, 1.807) is 18.2 Å². The molecule has 3 aromatic heterocycles. The molecule has 5 rings (SSSR count). The van der Waals surface area contributed by atoms with E-state index >= 15 is 0 Å². The molecule has 0 radical (unpaired) electrons. The molecule has 0 atom stereocenters. The van der Waals surface area contributed by atoms with Crippen molar-refractivity contribution in [3.63, 3.8) is 0 Å². The Morgan fingerprint density at radius 2 is 1.50 bits per heavy atom. The molecule has 0 unspecified atom stereocenters. The highest BCUT2D eigenvalue weighted by Gasteiger charge is 2.38. The van der Waals surface area contributed by atoms with Crippen LogP contribution in [-0.2, 0) is 18.8 Å². The van der Waals surface area contributed by atoms with Gasteiger partial charge in [0.1, 0.15) is 5.75 Å². The van der Waals surface area contributed by atoms with Gasteiger partial charge in [-0.25, -0.2) is 19.7 Å². The molecule has 15 heteroatoms. The van der Waals surface area contributed by atoms with E-state index < -0.39 is 58.4 Å². The average Bonchev–Trinajstić information content (AvgIpc) is 3.01. The Labute approximate surface area is 255 Å². The number of rotatable bonds is 8. The quantitative estimate of drug-likeness (QED) is 0.169. The minimum atomic E-state index is -4.91. The van der Waals surface area contributed by atoms with Gasteiger partial charge in [-0.2, -0.15) is 26.3 Å². The zero-order valence-corrected chi connectivity index (χ0v) is 23.1. The number of alkyl halides is 6. The Morgan fingerprint density at radius 3 is 2.11 bits per heavy atom. The Hall–Kier alpha value is -5.86. The third kappa shape index (κ3) is 7.43. The van der Waals surface area contributed by atoms with Crippen molar-refractivity contribution in [3.05, 3.63) is 125 Å². The van der Waals surface area contributed by atoms with Crippen LogP contribution in [0.4, 0.5) is 32.0 Å². The van der Waals surface area contributed by atoms with Gasteiger partial charge in [-0.1, -0.05) is 18.2 Å². The molecule has 46 heavy (non-hydrogen) atoms. The zero-order chi connectivity index (χ0) is 33.1. The number of carbonyl (C=O) groups is 2. The molecule has 0 fully saturated rings. The molecule has 2 N–H and O–H groups in total. The Bertz CT molecular complexity index is 1880. The molecule has 0 spiro atoms. The van der Waals surface area contributed by atoms with Gasteiger partial charge < -0.3 is 15.2 Å². The fourth-order valence-electron chi connectivity index (χ4n) is 4.22. The number of pyridine rings is 2. The fraction of sp³-hybridized carbons (Fsp3) is 0.0968. The smallest absolute Gasteiger partial charge is 0.434 e. The molecule has 0 saturated heterocycles. The van der Waals surface area contributed by atoms with Crippen LogP contribution in [0.5, 0.6) is 11.8 Å². The summed E-state index contributed by atoms with van der Waals surface area (Å²) in [4.78, 5) is 39.5. The van der Waals surface area contributed by atoms with E-state index in [4.69, 9.17) is 9.84 Å². The highest BCUT2D eigenvalue weighted by molar-refractivity contribution is 6.05. The summed E-state index contributed by atoms with van der Waals surface area (Å²) in [5.41, 5.74) is -2.24. The van der Waals surface area contributed by atoms with Gasteiger partial charge >= 0.3 is 24.3 Å². The molecule has 0 aliphatic carbocycles. The number of hydrogen-bond donors (Lipinski definition) is 2. The maximum Gasteiger partial charge on any atom is 0.434 e. The predicted octanol–water partition coefficient (Wildman–Crippen LogP) is 7.30. The maximum atomic E-state index is 13.8. The largest absolute Gasteiger partial charge is 0.478 e. The number of amides is 1. The van der Waals surface area contributed by atoms with Crippen molar-refractivity contribution in [2.75, 3.05) is 5.32 Å². The minimum absolute atomic E-state index is 0.0403. The second-order valence-electron chi connectivity index (χ2n) is 9.60. The molecule has 5 aromatic rings. The van der Waals surface area contributed by atoms with Gasteiger partial charge in [0, 0.05) is 47.7 Å². The molecule has 0 aliphatic rings. The third-order valence-corrected chi connectivity index (χ3v) is 6.39. The first-order chi connectivity index (χ1) is 21.8. The van der Waals surface area contributed by atoms with Crippen molar-refractivity contribution >= 4 is 17.6 Å². The van der Waals surface area contributed by atoms with Crippen LogP contribution in [0.3, 0.4) is 0 Å². The summed E-state index contributed by atoms with van der Waals surface area (Å²) in [6, 6.07) is 15.0. The van der Waals surface area contributed by atoms with Gasteiger partial charge in [-0.15, -0.1) is 0 Å². The van der Waals surface area contributed by atoms with E-state index in [9.17, 15) is 35.9 Å². The van der Waals surface area contributed by atoms with Gasteiger partial charge in [0.15, 0.2) is 5.69 Å². The summed E-state index contributed by atoms with van der Waals surface area (Å²) in [6.45, 7) is 0. The lowest BCUT2D eigenvalue weighted by Crippen LogP contribution is -2.21. The number of halogens is 6. The van der Waals surface area contributed by atoms with Gasteiger partial charge in [-0.3, -0.25) is 9.78 Å². The normalized spacial score (nSPS) is 11.6. The summed E-state index contributed by atoms with van der Waals surface area (Å²) in [6.07, 6.45) is -5.76. The van der Waals surface area contributed by atoms with Crippen LogP contribution in [0.15, 0.2) is 91.4 Å². The SMILES string of the molecule is O=C(O)c1ccc(Oc2ncc(-c3ccc(NC(=O)c4ccc(Cc5ccccn5)nc4C(F)(F)F)cc3)cn2)c(C(F)(F)F)c1. The van der Waals surface area contributed by atoms with Crippen molar-refractivity contribution in [3.8, 4) is 22.9 Å². The van der Waals surface area contributed by atoms with Crippen molar-refractivity contribution in [2.45, 2.75) is 18.8 Å². The number of hydrogen-bond acceptors (Lipinski definition) is 7. The number of carbonyl (C=O) groups excluding carboxylic acids is 1. The van der Waals surface area contributed by atoms with Crippen LogP contribution >= 0.6 is 0 Å². The van der Waals surface area contributed by atoms with Gasteiger partial charge in [0.2, 0.25) is 0 Å². The molecule has 0 aliphatic heterocycles. The van der Waals surface area contributed by atoms with Crippen LogP contribution in [0.25, 0.3) is 11.1 Å². The van der Waals surface area contributed by atoms with E-state index in [0.29, 0.717) is 22.9 Å². The number of carboxylic acids is 1. The van der Waals surface area contributed by atoms with Gasteiger partial charge in [-0.05, 0) is 60.2 Å². The molecule has 1 amide bonds. The molecule has 9 nitrogen and oxygen atoms in total. The number of aromatic nitrogens is 4. The Kier molecular flexibility index (Phi) is 8.67. The number of anilines is 1. The molecule has 234 valence electrons. The summed E-state index contributed by atoms with van der Waals surface area (Å²) >= 11 is 0. The molecular formula is C31H19F6N5O4. The topological polar surface area (TPSA) is 127 Å². The van der Waals surface area contributed by atoms with E-state index in [1.807, 2.05) is 0 Å². The van der Waals surface area contributed by atoms with Crippen LogP contribution in [0.2, 0.25) is 0 Å². The van der Waals surface area contributed by atoms with Crippen molar-refractivity contribution in [2.24, 2.45) is 0 Å². The van der Waals surface area contributed by atoms with Crippen LogP contribution in [-0.4, -0.2) is 36.9 Å². The number of nitrogens with one attached hydrogen (secondary N) is 1. The number of nitrogens with zero attached hydrogens (tertiary/aromatic N) is 4. The highest BCUT2D eigenvalue weighted by Crippen LogP contribution is 2.38. The van der Waals surface area contributed by atoms with E-state index in [0.717, 1.165) is 18.2 Å². The molecule has 2 aromatic carbocycles. The molecule has 0 bridgehead atoms. The van der Waals surface area contributed by atoms with Crippen LogP contribution in [0.1, 0.15) is 43.4 Å². The third-order valence-electron chi connectivity index (χ3n) is 6.39. The van der Waals surface area contributed by atoms with Crippen molar-refractivity contribution in [1.82, 2.24) is 19.9 Å². The summed E-state index contributed by atoms with van der Waals surface area (Å²) in [5, 5.41) is 11.4. The van der Waals surface area contributed by atoms with E-state index in [2.05, 4.69) is 25.3 Å². The lowest BCUT2D eigenvalue weighted by Gasteiger charge is -2.14. The summed E-state index contributed by atoms with van der Waals surface area (Å²) < 4.78 is 87.0. The fourth-order valence-corrected chi connectivity index (χ4v) is 4.22. The second-order valence-corrected chi connectivity index (χ2v) is 9.60. The predicted molar refractivity (Wildman–Crippen MR) is 150 cm³/mol. The number of ether oxygens (including phenoxy) is 1.